The monoisotopic (exact) mass is 205 g/mol. The van der Waals surface area contributed by atoms with Crippen LogP contribution in [-0.2, 0) is 0 Å². The van der Waals surface area contributed by atoms with Crippen LogP contribution in [0.1, 0.15) is 13.8 Å². The Balaban J connectivity index is 0. The molecule has 55 valence electrons. The molecule has 0 saturated carbocycles. The van der Waals surface area contributed by atoms with Crippen molar-refractivity contribution in [1.29, 1.82) is 0 Å². The van der Waals surface area contributed by atoms with E-state index < -0.39 is 0 Å². The Morgan fingerprint density at radius 3 is 1.22 bits per heavy atom. The third kappa shape index (κ3) is 52.6. The minimum absolute atomic E-state index is 0.120. The summed E-state index contributed by atoms with van der Waals surface area (Å²) in [5.74, 6) is 0. The molecule has 0 aromatic carbocycles. The SMILES string of the molecule is C[CH2][Ge][CH2]C.C[Si](C)C. The first-order valence-corrected chi connectivity index (χ1v) is 9.59. The van der Waals surface area contributed by atoms with E-state index in [-0.39, 0.29) is 8.80 Å². The molecule has 0 N–H and O–H groups in total. The van der Waals surface area contributed by atoms with Crippen molar-refractivity contribution < 1.29 is 0 Å². The standard InChI is InChI=1S/C4H10Ge.C3H9Si/c1-3-5-4-2;1-4(2)3/h3-4H2,1-2H3;1-3H3. The first kappa shape index (κ1) is 12.4. The predicted octanol–water partition coefficient (Wildman–Crippen LogP) is 2.94. The molecule has 0 aliphatic heterocycles. The van der Waals surface area contributed by atoms with Crippen molar-refractivity contribution in [3.63, 3.8) is 0 Å². The summed E-state index contributed by atoms with van der Waals surface area (Å²) in [6.07, 6.45) is 0. The van der Waals surface area contributed by atoms with Gasteiger partial charge in [0.05, 0.1) is 0 Å². The second-order valence-electron chi connectivity index (χ2n) is 2.46. The van der Waals surface area contributed by atoms with E-state index in [1.165, 1.54) is 10.5 Å². The summed E-state index contributed by atoms with van der Waals surface area (Å²) < 4.78 is 0. The molecule has 0 aromatic rings. The third-order valence-electron chi connectivity index (χ3n) is 0.500. The van der Waals surface area contributed by atoms with Crippen LogP contribution in [0.5, 0.6) is 0 Å². The van der Waals surface area contributed by atoms with Gasteiger partial charge in [0.15, 0.2) is 0 Å². The average molecular weight is 204 g/mol. The van der Waals surface area contributed by atoms with Crippen LogP contribution in [0.25, 0.3) is 0 Å². The first-order valence-electron chi connectivity index (χ1n) is 3.62. The van der Waals surface area contributed by atoms with Crippen molar-refractivity contribution >= 4 is 24.2 Å². The summed E-state index contributed by atoms with van der Waals surface area (Å²) in [5, 5.41) is 2.94. The van der Waals surface area contributed by atoms with Crippen LogP contribution in [0.15, 0.2) is 0 Å². The van der Waals surface area contributed by atoms with Crippen molar-refractivity contribution in [2.45, 2.75) is 44.0 Å². The van der Waals surface area contributed by atoms with E-state index in [0.29, 0.717) is 15.4 Å². The van der Waals surface area contributed by atoms with Crippen LogP contribution in [0.3, 0.4) is 0 Å². The fourth-order valence-corrected chi connectivity index (χ4v) is 1.30. The maximum atomic E-state index is 2.27. The van der Waals surface area contributed by atoms with Crippen LogP contribution in [0.4, 0.5) is 0 Å². The Morgan fingerprint density at radius 1 is 1.00 bits per heavy atom. The maximum Gasteiger partial charge on any atom is 0.0379 e. The third-order valence-corrected chi connectivity index (χ3v) is 2.60. The van der Waals surface area contributed by atoms with Gasteiger partial charge in [-0.1, -0.05) is 19.6 Å². The molecular formula is C7H19GeSi. The average Bonchev–Trinajstić information content (AvgIpc) is 1.66. The van der Waals surface area contributed by atoms with E-state index in [1.54, 1.807) is 0 Å². The zero-order valence-corrected chi connectivity index (χ0v) is 10.5. The normalized spacial score (nSPS) is 8.67. The Kier molecular flexibility index (Phi) is 16.0. The molecule has 3 radical (unpaired) electrons. The largest absolute Gasteiger partial charge is 0.0715 e. The zero-order chi connectivity index (χ0) is 7.70. The second-order valence-corrected chi connectivity index (χ2v) is 9.47. The summed E-state index contributed by atoms with van der Waals surface area (Å²) in [6, 6.07) is 0. The molecule has 9 heavy (non-hydrogen) atoms. The molecule has 0 aliphatic carbocycles. The summed E-state index contributed by atoms with van der Waals surface area (Å²) in [5.41, 5.74) is 0. The molecule has 0 aliphatic rings. The van der Waals surface area contributed by atoms with Gasteiger partial charge >= 0.3 is 39.8 Å². The Hall–Kier alpha value is 0.760. The van der Waals surface area contributed by atoms with Gasteiger partial charge in [0, 0.05) is 8.80 Å². The van der Waals surface area contributed by atoms with E-state index >= 15 is 0 Å². The Labute approximate surface area is 68.5 Å². The number of hydrogen-bond donors (Lipinski definition) is 0. The van der Waals surface area contributed by atoms with E-state index in [0.717, 1.165) is 0 Å². The molecule has 0 bridgehead atoms. The minimum Gasteiger partial charge on any atom is -0.0715 e. The molecule has 0 saturated heterocycles. The molecule has 0 spiro atoms. The molecule has 0 aromatic heterocycles. The van der Waals surface area contributed by atoms with Crippen LogP contribution < -0.4 is 0 Å². The summed E-state index contributed by atoms with van der Waals surface area (Å²) >= 11 is 0.528. The van der Waals surface area contributed by atoms with Gasteiger partial charge in [-0.05, 0) is 0 Å². The summed E-state index contributed by atoms with van der Waals surface area (Å²) in [4.78, 5) is 0. The van der Waals surface area contributed by atoms with Crippen molar-refractivity contribution in [3.05, 3.63) is 0 Å². The predicted molar refractivity (Wildman–Crippen MR) is 50.1 cm³/mol. The van der Waals surface area contributed by atoms with Crippen molar-refractivity contribution in [2.24, 2.45) is 0 Å². The van der Waals surface area contributed by atoms with E-state index in [2.05, 4.69) is 33.5 Å². The van der Waals surface area contributed by atoms with E-state index in [1.807, 2.05) is 0 Å². The second kappa shape index (κ2) is 11.5. The number of rotatable bonds is 2. The van der Waals surface area contributed by atoms with Gasteiger partial charge in [-0.25, -0.2) is 0 Å². The Morgan fingerprint density at radius 2 is 1.22 bits per heavy atom. The topological polar surface area (TPSA) is 0 Å². The van der Waals surface area contributed by atoms with Crippen LogP contribution >= 0.6 is 0 Å². The quantitative estimate of drug-likeness (QED) is 0.606. The molecule has 0 unspecified atom stereocenters. The molecule has 0 fully saturated rings. The van der Waals surface area contributed by atoms with Gasteiger partial charge < -0.3 is 0 Å². The molecule has 2 heteroatoms. The molecule has 0 amide bonds. The van der Waals surface area contributed by atoms with Gasteiger partial charge in [0.1, 0.15) is 0 Å². The van der Waals surface area contributed by atoms with Gasteiger partial charge in [-0.3, -0.25) is 0 Å². The molecular weight excluding hydrogens is 185 g/mol. The van der Waals surface area contributed by atoms with Gasteiger partial charge in [-0.15, -0.1) is 0 Å². The van der Waals surface area contributed by atoms with Crippen LogP contribution in [-0.4, -0.2) is 24.2 Å². The van der Waals surface area contributed by atoms with Crippen LogP contribution in [0, 0.1) is 0 Å². The van der Waals surface area contributed by atoms with Crippen molar-refractivity contribution in [1.82, 2.24) is 0 Å². The minimum atomic E-state index is 0.120. The maximum absolute atomic E-state index is 2.27. The van der Waals surface area contributed by atoms with Gasteiger partial charge in [0.25, 0.3) is 0 Å². The molecule has 0 rings (SSSR count). The summed E-state index contributed by atoms with van der Waals surface area (Å²) in [6.45, 7) is 11.3. The van der Waals surface area contributed by atoms with E-state index in [4.69, 9.17) is 0 Å². The zero-order valence-electron chi connectivity index (χ0n) is 7.41. The fraction of sp³-hybridized carbons (Fsp3) is 1.00. The van der Waals surface area contributed by atoms with Crippen molar-refractivity contribution in [3.8, 4) is 0 Å². The van der Waals surface area contributed by atoms with Gasteiger partial charge in [-0.2, -0.15) is 0 Å². The summed E-state index contributed by atoms with van der Waals surface area (Å²) in [7, 11) is 0.120. The Bertz CT molecular complexity index is 33.1. The molecule has 0 heterocycles. The number of hydrogen-bond acceptors (Lipinski definition) is 0. The van der Waals surface area contributed by atoms with Gasteiger partial charge in [0.2, 0.25) is 0 Å². The van der Waals surface area contributed by atoms with Crippen LogP contribution in [0.2, 0.25) is 30.1 Å². The molecule has 0 nitrogen and oxygen atoms in total. The van der Waals surface area contributed by atoms with E-state index in [9.17, 15) is 0 Å². The fourth-order valence-electron chi connectivity index (χ4n) is 0.250. The first-order chi connectivity index (χ1) is 4.15. The molecule has 0 atom stereocenters. The van der Waals surface area contributed by atoms with Crippen molar-refractivity contribution in [2.75, 3.05) is 0 Å². The smallest absolute Gasteiger partial charge is 0.0379 e.